The molecule has 0 saturated heterocycles. The van der Waals surface area contributed by atoms with Gasteiger partial charge in [0.25, 0.3) is 11.5 Å². The first-order valence-corrected chi connectivity index (χ1v) is 10.0. The molecule has 1 atom stereocenters. The molecule has 0 bridgehead atoms. The number of nitrogens with two attached hydrogens (primary N) is 1. The van der Waals surface area contributed by atoms with Crippen molar-refractivity contribution in [3.05, 3.63) is 58.7 Å². The second kappa shape index (κ2) is 11.4. The molecule has 1 unspecified atom stereocenters. The van der Waals surface area contributed by atoms with Crippen LogP contribution in [0.2, 0.25) is 0 Å². The third-order valence-corrected chi connectivity index (χ3v) is 4.63. The number of ether oxygens (including phenoxy) is 2. The second-order valence-corrected chi connectivity index (χ2v) is 7.25. The monoisotopic (exact) mass is 483 g/mol. The molecular formula is C23H28F3N3O5. The van der Waals surface area contributed by atoms with Crippen LogP contribution in [-0.4, -0.2) is 42.8 Å². The molecular weight excluding hydrogens is 455 g/mol. The molecule has 2 aromatic carbocycles. The van der Waals surface area contributed by atoms with E-state index in [1.165, 1.54) is 50.4 Å². The van der Waals surface area contributed by atoms with Gasteiger partial charge in [-0.25, -0.2) is 4.79 Å². The predicted molar refractivity (Wildman–Crippen MR) is 121 cm³/mol. The minimum atomic E-state index is -5.04. The van der Waals surface area contributed by atoms with Gasteiger partial charge in [-0.1, -0.05) is 0 Å². The largest absolute Gasteiger partial charge is 0.496 e. The summed E-state index contributed by atoms with van der Waals surface area (Å²) in [4.78, 5) is 21.8. The summed E-state index contributed by atoms with van der Waals surface area (Å²) in [6.45, 7) is 5.49. The molecule has 2 aromatic rings. The van der Waals surface area contributed by atoms with Crippen molar-refractivity contribution in [1.82, 2.24) is 0 Å². The lowest BCUT2D eigenvalue weighted by atomic mass is 9.86. The van der Waals surface area contributed by atoms with Crippen LogP contribution < -0.4 is 15.8 Å². The van der Waals surface area contributed by atoms with E-state index in [9.17, 15) is 18.0 Å². The smallest absolute Gasteiger partial charge is 0.426 e. The molecule has 0 aliphatic carbocycles. The van der Waals surface area contributed by atoms with E-state index < -0.39 is 23.7 Å². The number of rotatable bonds is 7. The summed E-state index contributed by atoms with van der Waals surface area (Å²) in [6, 6.07) is 7.93. The third-order valence-electron chi connectivity index (χ3n) is 4.63. The summed E-state index contributed by atoms with van der Waals surface area (Å²) in [5, 5.41) is 17.2. The first kappa shape index (κ1) is 28.3. The maximum absolute atomic E-state index is 14.5. The lowest BCUT2D eigenvalue weighted by Crippen LogP contribution is -2.56. The van der Waals surface area contributed by atoms with Crippen LogP contribution in [0.3, 0.4) is 0 Å². The van der Waals surface area contributed by atoms with Crippen molar-refractivity contribution in [2.75, 3.05) is 19.0 Å². The summed E-state index contributed by atoms with van der Waals surface area (Å²) in [7, 11) is 1.42. The normalized spacial score (nSPS) is 12.5. The Hall–Kier alpha value is -3.76. The summed E-state index contributed by atoms with van der Waals surface area (Å²) in [6.07, 6.45) is -5.04. The molecule has 2 rings (SSSR count). The Balaban J connectivity index is 0.00000133. The lowest BCUT2D eigenvalue weighted by molar-refractivity contribution is -0.203. The molecule has 0 radical (unpaired) electrons. The number of alkyl halides is 3. The maximum Gasteiger partial charge on any atom is 0.426 e. The number of nitrogen functional groups attached to an aromatic ring is 1. The fourth-order valence-corrected chi connectivity index (χ4v) is 3.27. The molecule has 186 valence electrons. The van der Waals surface area contributed by atoms with Gasteiger partial charge in [0, 0.05) is 18.2 Å². The summed E-state index contributed by atoms with van der Waals surface area (Å²) >= 11 is 0. The van der Waals surface area contributed by atoms with Crippen LogP contribution in [0.15, 0.2) is 36.4 Å². The molecule has 0 aromatic heterocycles. The number of benzene rings is 2. The molecule has 11 heteroatoms. The van der Waals surface area contributed by atoms with Gasteiger partial charge in [-0.2, -0.15) is 13.2 Å². The van der Waals surface area contributed by atoms with E-state index in [1.807, 2.05) is 0 Å². The lowest BCUT2D eigenvalue weighted by Gasteiger charge is -2.36. The summed E-state index contributed by atoms with van der Waals surface area (Å²) in [5.74, 6) is -2.10. The van der Waals surface area contributed by atoms with Crippen molar-refractivity contribution >= 4 is 23.5 Å². The first-order chi connectivity index (χ1) is 15.7. The van der Waals surface area contributed by atoms with Gasteiger partial charge in [0.05, 0.1) is 13.7 Å². The Kier molecular flexibility index (Phi) is 9.47. The minimum absolute atomic E-state index is 0.0107. The standard InChI is InChI=1S/C21H24F3N3O3.C2H4O2/c1-5-30-19(28)20(21(22,23)24,15-10-12(2)17(29-4)13(3)11-15)27-16-8-6-14(7-9-16)18(25)26;1-2(3)4/h6-11,27H,5H2,1-4H3,(H3,25,26);1H3,(H,3,4). The Morgan fingerprint density at radius 2 is 1.59 bits per heavy atom. The molecule has 0 aliphatic rings. The van der Waals surface area contributed by atoms with Crippen LogP contribution >= 0.6 is 0 Å². The first-order valence-electron chi connectivity index (χ1n) is 10.0. The second-order valence-electron chi connectivity index (χ2n) is 7.25. The topological polar surface area (TPSA) is 135 Å². The number of aliphatic carboxylic acids is 1. The maximum atomic E-state index is 14.5. The molecule has 34 heavy (non-hydrogen) atoms. The highest BCUT2D eigenvalue weighted by atomic mass is 19.4. The zero-order chi connectivity index (χ0) is 26.3. The van der Waals surface area contributed by atoms with Crippen molar-refractivity contribution in [3.8, 4) is 5.75 Å². The van der Waals surface area contributed by atoms with Gasteiger partial charge in [-0.15, -0.1) is 0 Å². The van der Waals surface area contributed by atoms with E-state index in [4.69, 9.17) is 30.5 Å². The van der Waals surface area contributed by atoms with E-state index in [0.29, 0.717) is 22.4 Å². The van der Waals surface area contributed by atoms with Gasteiger partial charge in [0.2, 0.25) is 0 Å². The number of carbonyl (C=O) groups excluding carboxylic acids is 1. The molecule has 0 amide bonds. The number of carboxylic acid groups (broad SMARTS) is 1. The van der Waals surface area contributed by atoms with Gasteiger partial charge in [0.15, 0.2) is 0 Å². The number of hydrogen-bond acceptors (Lipinski definition) is 6. The average Bonchev–Trinajstić information content (AvgIpc) is 2.70. The minimum Gasteiger partial charge on any atom is -0.496 e. The Morgan fingerprint density at radius 1 is 1.12 bits per heavy atom. The Morgan fingerprint density at radius 3 is 1.94 bits per heavy atom. The van der Waals surface area contributed by atoms with Gasteiger partial charge in [-0.3, -0.25) is 10.2 Å². The van der Waals surface area contributed by atoms with Crippen LogP contribution in [0.25, 0.3) is 0 Å². The average molecular weight is 483 g/mol. The SMILES string of the molecule is CC(=O)O.CCOC(=O)C(Nc1ccc(C(=N)N)cc1)(c1cc(C)c(OC)c(C)c1)C(F)(F)F. The predicted octanol–water partition coefficient (Wildman–Crippen LogP) is 4.12. The molecule has 0 saturated carbocycles. The fourth-order valence-electron chi connectivity index (χ4n) is 3.27. The molecule has 5 N–H and O–H groups in total. The van der Waals surface area contributed by atoms with Crippen molar-refractivity contribution in [1.29, 1.82) is 5.41 Å². The summed E-state index contributed by atoms with van der Waals surface area (Å²) in [5.41, 5.74) is 3.16. The number of amidine groups is 1. The number of esters is 1. The molecule has 0 aliphatic heterocycles. The highest BCUT2D eigenvalue weighted by Crippen LogP contribution is 2.44. The number of anilines is 1. The van der Waals surface area contributed by atoms with Gasteiger partial charge in [-0.05, 0) is 73.9 Å². The van der Waals surface area contributed by atoms with Crippen LogP contribution in [0, 0.1) is 19.3 Å². The van der Waals surface area contributed by atoms with Crippen molar-refractivity contribution < 1.29 is 37.3 Å². The van der Waals surface area contributed by atoms with E-state index in [1.54, 1.807) is 13.8 Å². The van der Waals surface area contributed by atoms with E-state index >= 15 is 0 Å². The van der Waals surface area contributed by atoms with Crippen LogP contribution in [-0.2, 0) is 19.9 Å². The number of hydrogen-bond donors (Lipinski definition) is 4. The molecule has 0 spiro atoms. The van der Waals surface area contributed by atoms with Crippen LogP contribution in [0.4, 0.5) is 18.9 Å². The fraction of sp³-hybridized carbons (Fsp3) is 0.348. The number of aryl methyl sites for hydroxylation is 2. The van der Waals surface area contributed by atoms with Crippen molar-refractivity contribution in [3.63, 3.8) is 0 Å². The van der Waals surface area contributed by atoms with Crippen LogP contribution in [0.1, 0.15) is 36.1 Å². The van der Waals surface area contributed by atoms with Crippen molar-refractivity contribution in [2.45, 2.75) is 39.4 Å². The van der Waals surface area contributed by atoms with Gasteiger partial charge >= 0.3 is 12.1 Å². The Bertz CT molecular complexity index is 1010. The van der Waals surface area contributed by atoms with E-state index in [-0.39, 0.29) is 23.7 Å². The number of halogens is 3. The molecule has 8 nitrogen and oxygen atoms in total. The van der Waals surface area contributed by atoms with Gasteiger partial charge in [0.1, 0.15) is 11.6 Å². The summed E-state index contributed by atoms with van der Waals surface area (Å²) < 4.78 is 53.7. The number of carbonyl (C=O) groups is 2. The third kappa shape index (κ3) is 6.40. The highest BCUT2D eigenvalue weighted by Gasteiger charge is 2.63. The number of methoxy groups -OCH3 is 1. The van der Waals surface area contributed by atoms with Crippen LogP contribution in [0.5, 0.6) is 5.75 Å². The molecule has 0 fully saturated rings. The highest BCUT2D eigenvalue weighted by molar-refractivity contribution is 5.95. The Labute approximate surface area is 195 Å². The van der Waals surface area contributed by atoms with Crippen molar-refractivity contribution in [2.24, 2.45) is 5.73 Å². The number of carboxylic acids is 1. The quantitative estimate of drug-likeness (QED) is 0.264. The zero-order valence-corrected chi connectivity index (χ0v) is 19.5. The zero-order valence-electron chi connectivity index (χ0n) is 19.5. The van der Waals surface area contributed by atoms with E-state index in [2.05, 4.69) is 5.32 Å². The number of nitrogens with one attached hydrogen (secondary N) is 2. The van der Waals surface area contributed by atoms with Gasteiger partial charge < -0.3 is 25.6 Å². The van der Waals surface area contributed by atoms with E-state index in [0.717, 1.165) is 6.92 Å². The molecule has 0 heterocycles.